The second kappa shape index (κ2) is 10.8. The molecule has 0 aliphatic rings. The first-order valence-corrected chi connectivity index (χ1v) is 10.9. The van der Waals surface area contributed by atoms with Crippen molar-refractivity contribution in [1.29, 1.82) is 0 Å². The van der Waals surface area contributed by atoms with E-state index in [1.807, 2.05) is 74.5 Å². The van der Waals surface area contributed by atoms with Gasteiger partial charge in [0.05, 0.1) is 31.9 Å². The van der Waals surface area contributed by atoms with Crippen molar-refractivity contribution in [2.24, 2.45) is 5.41 Å². The Hall–Kier alpha value is -3.34. The standard InChI is InChI=1S/C27H31NO4/c1-27(2,26(29)31-4)16-8-9-17-32-25-19-22(20-12-14-23(30-3)15-13-20)18-24(28-25)21-10-6-5-7-11-21/h5-7,10-15,18-19H,8-9,16-17H2,1-4H3. The van der Waals surface area contributed by atoms with E-state index >= 15 is 0 Å². The van der Waals surface area contributed by atoms with E-state index in [2.05, 4.69) is 6.07 Å². The first-order chi connectivity index (χ1) is 15.4. The van der Waals surface area contributed by atoms with Crippen LogP contribution in [-0.2, 0) is 9.53 Å². The molecule has 2 aromatic carbocycles. The molecular weight excluding hydrogens is 402 g/mol. The maximum absolute atomic E-state index is 11.8. The van der Waals surface area contributed by atoms with Crippen LogP contribution < -0.4 is 9.47 Å². The molecule has 0 saturated heterocycles. The number of benzene rings is 2. The van der Waals surface area contributed by atoms with Gasteiger partial charge in [-0.2, -0.15) is 0 Å². The molecule has 1 aromatic heterocycles. The Morgan fingerprint density at radius 2 is 1.59 bits per heavy atom. The van der Waals surface area contributed by atoms with Crippen LogP contribution >= 0.6 is 0 Å². The zero-order valence-electron chi connectivity index (χ0n) is 19.3. The fourth-order valence-corrected chi connectivity index (χ4v) is 3.51. The monoisotopic (exact) mass is 433 g/mol. The van der Waals surface area contributed by atoms with Crippen molar-refractivity contribution < 1.29 is 19.0 Å². The van der Waals surface area contributed by atoms with Crippen molar-refractivity contribution in [3.63, 3.8) is 0 Å². The van der Waals surface area contributed by atoms with Gasteiger partial charge in [-0.15, -0.1) is 0 Å². The highest BCUT2D eigenvalue weighted by atomic mass is 16.5. The number of pyridine rings is 1. The van der Waals surface area contributed by atoms with Gasteiger partial charge in [-0.25, -0.2) is 4.98 Å². The third-order valence-corrected chi connectivity index (χ3v) is 5.48. The molecule has 0 bridgehead atoms. The van der Waals surface area contributed by atoms with Crippen LogP contribution in [0.4, 0.5) is 0 Å². The molecule has 0 atom stereocenters. The minimum absolute atomic E-state index is 0.181. The molecule has 3 rings (SSSR count). The van der Waals surface area contributed by atoms with Crippen molar-refractivity contribution in [3.05, 3.63) is 66.7 Å². The van der Waals surface area contributed by atoms with E-state index in [-0.39, 0.29) is 5.97 Å². The Kier molecular flexibility index (Phi) is 7.87. The maximum Gasteiger partial charge on any atom is 0.311 e. The van der Waals surface area contributed by atoms with E-state index in [0.29, 0.717) is 12.5 Å². The lowest BCUT2D eigenvalue weighted by Gasteiger charge is -2.21. The average Bonchev–Trinajstić information content (AvgIpc) is 2.83. The Balaban J connectivity index is 1.74. The highest BCUT2D eigenvalue weighted by molar-refractivity contribution is 5.75. The van der Waals surface area contributed by atoms with Gasteiger partial charge in [0.15, 0.2) is 0 Å². The summed E-state index contributed by atoms with van der Waals surface area (Å²) in [5.41, 5.74) is 3.51. The minimum Gasteiger partial charge on any atom is -0.497 e. The Morgan fingerprint density at radius 1 is 0.875 bits per heavy atom. The molecule has 0 fully saturated rings. The lowest BCUT2D eigenvalue weighted by Crippen LogP contribution is -2.25. The third kappa shape index (κ3) is 6.10. The number of rotatable bonds is 10. The summed E-state index contributed by atoms with van der Waals surface area (Å²) >= 11 is 0. The summed E-state index contributed by atoms with van der Waals surface area (Å²) in [5.74, 6) is 1.22. The van der Waals surface area contributed by atoms with Gasteiger partial charge < -0.3 is 14.2 Å². The molecule has 0 amide bonds. The maximum atomic E-state index is 11.8. The van der Waals surface area contributed by atoms with E-state index in [1.54, 1.807) is 7.11 Å². The summed E-state index contributed by atoms with van der Waals surface area (Å²) in [6.45, 7) is 4.35. The normalized spacial score (nSPS) is 11.1. The van der Waals surface area contributed by atoms with Crippen molar-refractivity contribution in [1.82, 2.24) is 4.98 Å². The quantitative estimate of drug-likeness (QED) is 0.283. The smallest absolute Gasteiger partial charge is 0.311 e. The van der Waals surface area contributed by atoms with Gasteiger partial charge in [0.1, 0.15) is 5.75 Å². The lowest BCUT2D eigenvalue weighted by atomic mass is 9.87. The molecule has 0 saturated carbocycles. The first-order valence-electron chi connectivity index (χ1n) is 10.9. The molecule has 0 aliphatic carbocycles. The topological polar surface area (TPSA) is 57.7 Å². The second-order valence-electron chi connectivity index (χ2n) is 8.35. The zero-order chi connectivity index (χ0) is 23.0. The minimum atomic E-state index is -0.484. The summed E-state index contributed by atoms with van der Waals surface area (Å²) in [6, 6.07) is 22.1. The van der Waals surface area contributed by atoms with Crippen LogP contribution in [0.25, 0.3) is 22.4 Å². The van der Waals surface area contributed by atoms with Gasteiger partial charge in [0.25, 0.3) is 0 Å². The largest absolute Gasteiger partial charge is 0.497 e. The fourth-order valence-electron chi connectivity index (χ4n) is 3.51. The first kappa shape index (κ1) is 23.3. The molecule has 3 aromatic rings. The van der Waals surface area contributed by atoms with Crippen molar-refractivity contribution in [2.45, 2.75) is 33.1 Å². The molecule has 168 valence electrons. The molecule has 0 spiro atoms. The van der Waals surface area contributed by atoms with E-state index in [4.69, 9.17) is 19.2 Å². The zero-order valence-corrected chi connectivity index (χ0v) is 19.3. The van der Waals surface area contributed by atoms with E-state index in [9.17, 15) is 4.79 Å². The predicted molar refractivity (Wildman–Crippen MR) is 127 cm³/mol. The fraction of sp³-hybridized carbons (Fsp3) is 0.333. The molecule has 0 N–H and O–H groups in total. The number of esters is 1. The van der Waals surface area contributed by atoms with E-state index < -0.39 is 5.41 Å². The van der Waals surface area contributed by atoms with Crippen LogP contribution in [0.5, 0.6) is 11.6 Å². The Bertz CT molecular complexity index is 1010. The summed E-state index contributed by atoms with van der Waals surface area (Å²) in [4.78, 5) is 16.6. The van der Waals surface area contributed by atoms with Gasteiger partial charge in [0, 0.05) is 11.6 Å². The van der Waals surface area contributed by atoms with Crippen LogP contribution in [0.1, 0.15) is 33.1 Å². The predicted octanol–water partition coefficient (Wildman–Crippen LogP) is 6.17. The van der Waals surface area contributed by atoms with Crippen LogP contribution in [-0.4, -0.2) is 31.8 Å². The molecule has 32 heavy (non-hydrogen) atoms. The summed E-state index contributed by atoms with van der Waals surface area (Å²) in [6.07, 6.45) is 2.44. The molecule has 0 unspecified atom stereocenters. The number of hydrogen-bond acceptors (Lipinski definition) is 5. The number of hydrogen-bond donors (Lipinski definition) is 0. The average molecular weight is 434 g/mol. The number of carbonyl (C=O) groups is 1. The van der Waals surface area contributed by atoms with Crippen molar-refractivity contribution >= 4 is 5.97 Å². The highest BCUT2D eigenvalue weighted by Crippen LogP contribution is 2.30. The number of carbonyl (C=O) groups excluding carboxylic acids is 1. The molecule has 5 heteroatoms. The number of ether oxygens (including phenoxy) is 3. The molecule has 1 heterocycles. The molecule has 0 radical (unpaired) electrons. The van der Waals surface area contributed by atoms with Crippen molar-refractivity contribution in [2.75, 3.05) is 20.8 Å². The van der Waals surface area contributed by atoms with Crippen molar-refractivity contribution in [3.8, 4) is 34.0 Å². The van der Waals surface area contributed by atoms with E-state index in [1.165, 1.54) is 7.11 Å². The van der Waals surface area contributed by atoms with Crippen LogP contribution in [0.3, 0.4) is 0 Å². The number of nitrogens with zero attached hydrogens (tertiary/aromatic N) is 1. The van der Waals surface area contributed by atoms with E-state index in [0.717, 1.165) is 47.4 Å². The van der Waals surface area contributed by atoms with Gasteiger partial charge in [0.2, 0.25) is 5.88 Å². The van der Waals surface area contributed by atoms with Gasteiger partial charge in [-0.05, 0) is 62.4 Å². The van der Waals surface area contributed by atoms with Crippen LogP contribution in [0, 0.1) is 5.41 Å². The molecule has 0 aliphatic heterocycles. The summed E-state index contributed by atoms with van der Waals surface area (Å²) in [5, 5.41) is 0. The van der Waals surface area contributed by atoms with Gasteiger partial charge in [-0.1, -0.05) is 42.5 Å². The van der Waals surface area contributed by atoms with Gasteiger partial charge in [-0.3, -0.25) is 4.79 Å². The third-order valence-electron chi connectivity index (χ3n) is 5.48. The highest BCUT2D eigenvalue weighted by Gasteiger charge is 2.27. The SMILES string of the molecule is COC(=O)C(C)(C)CCCCOc1cc(-c2ccc(OC)cc2)cc(-c2ccccc2)n1. The molecular formula is C27H31NO4. The number of methoxy groups -OCH3 is 2. The van der Waals surface area contributed by atoms with Gasteiger partial charge >= 0.3 is 5.97 Å². The van der Waals surface area contributed by atoms with Crippen LogP contribution in [0.2, 0.25) is 0 Å². The van der Waals surface area contributed by atoms with Crippen LogP contribution in [0.15, 0.2) is 66.7 Å². The lowest BCUT2D eigenvalue weighted by molar-refractivity contribution is -0.151. The molecule has 5 nitrogen and oxygen atoms in total. The number of aromatic nitrogens is 1. The second-order valence-corrected chi connectivity index (χ2v) is 8.35. The summed E-state index contributed by atoms with van der Waals surface area (Å²) in [7, 11) is 3.09. The summed E-state index contributed by atoms with van der Waals surface area (Å²) < 4.78 is 16.2. The number of unbranched alkanes of at least 4 members (excludes halogenated alkanes) is 1. The Morgan fingerprint density at radius 3 is 2.25 bits per heavy atom. The Labute approximate surface area is 190 Å².